The molecule has 0 bridgehead atoms. The maximum atomic E-state index is 6.76. The third kappa shape index (κ3) is 3.70. The summed E-state index contributed by atoms with van der Waals surface area (Å²) in [4.78, 5) is 0. The van der Waals surface area contributed by atoms with Crippen molar-refractivity contribution in [2.75, 3.05) is 41.7 Å². The number of methoxy groups -OCH3 is 4. The zero-order valence-electron chi connectivity index (χ0n) is 24.9. The highest BCUT2D eigenvalue weighted by molar-refractivity contribution is 5.65. The first kappa shape index (κ1) is 26.6. The summed E-state index contributed by atoms with van der Waals surface area (Å²) >= 11 is 0. The first-order valence-electron chi connectivity index (χ1n) is 14.4. The Bertz CT molecular complexity index is 1690. The Kier molecular flexibility index (Phi) is 6.26. The Hall–Kier alpha value is -4.32. The number of hydrogen-bond donors (Lipinski definition) is 0. The van der Waals surface area contributed by atoms with Crippen LogP contribution in [0.25, 0.3) is 0 Å². The summed E-state index contributed by atoms with van der Waals surface area (Å²) in [5, 5.41) is 0. The highest BCUT2D eigenvalue weighted by atomic mass is 16.5. The number of aryl methyl sites for hydroxylation is 2. The molecular weight excluding hydrogens is 528 g/mol. The minimum absolute atomic E-state index is 0.0425. The van der Waals surface area contributed by atoms with E-state index in [-0.39, 0.29) is 17.8 Å². The largest absolute Gasteiger partial charge is 0.493 e. The number of ether oxygens (including phenoxy) is 6. The highest BCUT2D eigenvalue weighted by Gasteiger charge is 2.59. The van der Waals surface area contributed by atoms with E-state index in [2.05, 4.69) is 74.5 Å². The molecule has 0 aromatic heterocycles. The van der Waals surface area contributed by atoms with Crippen LogP contribution in [0.1, 0.15) is 56.7 Å². The molecule has 0 N–H and O–H groups in total. The van der Waals surface area contributed by atoms with Crippen LogP contribution >= 0.6 is 0 Å². The molecule has 2 heterocycles. The van der Waals surface area contributed by atoms with Gasteiger partial charge >= 0.3 is 0 Å². The van der Waals surface area contributed by atoms with Gasteiger partial charge in [-0.25, -0.2) is 0 Å². The summed E-state index contributed by atoms with van der Waals surface area (Å²) in [6.45, 7) is 5.26. The molecule has 1 aliphatic carbocycles. The molecule has 42 heavy (non-hydrogen) atoms. The molecule has 2 aliphatic heterocycles. The van der Waals surface area contributed by atoms with E-state index < -0.39 is 5.41 Å². The maximum absolute atomic E-state index is 6.76. The van der Waals surface area contributed by atoms with Crippen molar-refractivity contribution < 1.29 is 28.4 Å². The van der Waals surface area contributed by atoms with Gasteiger partial charge in [-0.2, -0.15) is 0 Å². The van der Waals surface area contributed by atoms with Gasteiger partial charge in [0.25, 0.3) is 0 Å². The van der Waals surface area contributed by atoms with Crippen molar-refractivity contribution in [1.82, 2.24) is 0 Å². The molecule has 0 saturated carbocycles. The van der Waals surface area contributed by atoms with E-state index in [1.165, 1.54) is 27.8 Å². The SMILES string of the molecule is COc1ccc(C23COc4cc(C)ccc4C2C2c4ccc(C)cc4OCC2c2cc(OC)c(OC)cc23)cc1OC. The highest BCUT2D eigenvalue weighted by Crippen LogP contribution is 2.66. The van der Waals surface area contributed by atoms with Crippen LogP contribution in [0.3, 0.4) is 0 Å². The van der Waals surface area contributed by atoms with Gasteiger partial charge in [0.15, 0.2) is 23.0 Å². The molecular formula is C36H36O6. The quantitative estimate of drug-likeness (QED) is 0.258. The van der Waals surface area contributed by atoms with Crippen molar-refractivity contribution in [3.63, 3.8) is 0 Å². The first-order chi connectivity index (χ1) is 20.4. The average Bonchev–Trinajstić information content (AvgIpc) is 3.02. The zero-order chi connectivity index (χ0) is 29.2. The van der Waals surface area contributed by atoms with Gasteiger partial charge in [0.2, 0.25) is 0 Å². The van der Waals surface area contributed by atoms with Gasteiger partial charge in [0, 0.05) is 17.8 Å². The molecule has 6 heteroatoms. The standard InChI is InChI=1S/C36H36O6/c1-20-7-10-23-29(13-20)41-18-26-25-16-32(39-5)33(40-6)17-27(25)36(22-9-12-28(37-3)31(15-22)38-4)19-42-30-14-21(2)8-11-24(30)35(36)34(23)26/h7-17,26,34-35H,18-19H2,1-6H3. The van der Waals surface area contributed by atoms with E-state index >= 15 is 0 Å². The van der Waals surface area contributed by atoms with Crippen molar-refractivity contribution in [2.24, 2.45) is 0 Å². The minimum Gasteiger partial charge on any atom is -0.493 e. The van der Waals surface area contributed by atoms with E-state index in [9.17, 15) is 0 Å². The number of fused-ring (bicyclic) bond motifs is 10. The van der Waals surface area contributed by atoms with Gasteiger partial charge in [0.05, 0.1) is 40.5 Å². The van der Waals surface area contributed by atoms with Crippen molar-refractivity contribution in [1.29, 1.82) is 0 Å². The molecule has 6 nitrogen and oxygen atoms in total. The van der Waals surface area contributed by atoms with Crippen molar-refractivity contribution >= 4 is 0 Å². The van der Waals surface area contributed by atoms with Crippen molar-refractivity contribution in [3.05, 3.63) is 106 Å². The fourth-order valence-electron chi connectivity index (χ4n) is 7.67. The van der Waals surface area contributed by atoms with Crippen LogP contribution in [0.4, 0.5) is 0 Å². The second-order valence-electron chi connectivity index (χ2n) is 11.6. The summed E-state index contributed by atoms with van der Waals surface area (Å²) in [6.07, 6.45) is 0. The Morgan fingerprint density at radius 2 is 1.24 bits per heavy atom. The van der Waals surface area contributed by atoms with Crippen LogP contribution in [-0.4, -0.2) is 41.7 Å². The van der Waals surface area contributed by atoms with Crippen LogP contribution in [0.15, 0.2) is 66.7 Å². The van der Waals surface area contributed by atoms with E-state index in [0.29, 0.717) is 36.2 Å². The molecule has 0 amide bonds. The number of rotatable bonds is 5. The summed E-state index contributed by atoms with van der Waals surface area (Å²) in [6, 6.07) is 23.8. The third-order valence-electron chi connectivity index (χ3n) is 9.56. The van der Waals surface area contributed by atoms with Gasteiger partial charge < -0.3 is 28.4 Å². The predicted octanol–water partition coefficient (Wildman–Crippen LogP) is 7.07. The molecule has 4 aromatic rings. The second-order valence-corrected chi connectivity index (χ2v) is 11.6. The van der Waals surface area contributed by atoms with Crippen LogP contribution < -0.4 is 28.4 Å². The van der Waals surface area contributed by atoms with Crippen LogP contribution in [0.2, 0.25) is 0 Å². The molecule has 4 aromatic carbocycles. The summed E-state index contributed by atoms with van der Waals surface area (Å²) < 4.78 is 36.5. The monoisotopic (exact) mass is 564 g/mol. The predicted molar refractivity (Wildman–Crippen MR) is 161 cm³/mol. The second kappa shape index (κ2) is 9.90. The smallest absolute Gasteiger partial charge is 0.161 e. The Morgan fingerprint density at radius 1 is 0.619 bits per heavy atom. The lowest BCUT2D eigenvalue weighted by molar-refractivity contribution is 0.125. The lowest BCUT2D eigenvalue weighted by atomic mass is 9.50. The summed E-state index contributed by atoms with van der Waals surface area (Å²) in [5.74, 6) is 4.94. The van der Waals surface area contributed by atoms with Crippen LogP contribution in [0, 0.1) is 13.8 Å². The Morgan fingerprint density at radius 3 is 1.93 bits per heavy atom. The fraction of sp³-hybridized carbons (Fsp3) is 0.333. The molecule has 3 aliphatic rings. The van der Waals surface area contributed by atoms with E-state index in [0.717, 1.165) is 22.6 Å². The molecule has 0 fully saturated rings. The number of benzene rings is 4. The molecule has 4 atom stereocenters. The first-order valence-corrected chi connectivity index (χ1v) is 14.4. The van der Waals surface area contributed by atoms with Crippen molar-refractivity contribution in [2.45, 2.75) is 37.0 Å². The lowest BCUT2D eigenvalue weighted by Crippen LogP contribution is -2.52. The van der Waals surface area contributed by atoms with Crippen molar-refractivity contribution in [3.8, 4) is 34.5 Å². The Labute approximate surface area is 247 Å². The molecule has 216 valence electrons. The average molecular weight is 565 g/mol. The third-order valence-corrected chi connectivity index (χ3v) is 9.56. The normalized spacial score (nSPS) is 23.0. The van der Waals surface area contributed by atoms with E-state index in [4.69, 9.17) is 28.4 Å². The van der Waals surface area contributed by atoms with Crippen LogP contribution in [-0.2, 0) is 5.41 Å². The van der Waals surface area contributed by atoms with E-state index in [1.54, 1.807) is 28.4 Å². The topological polar surface area (TPSA) is 55.4 Å². The van der Waals surface area contributed by atoms with Crippen LogP contribution in [0.5, 0.6) is 34.5 Å². The van der Waals surface area contributed by atoms with E-state index in [1.807, 2.05) is 6.07 Å². The van der Waals surface area contributed by atoms with Gasteiger partial charge in [-0.3, -0.25) is 0 Å². The molecule has 0 spiro atoms. The fourth-order valence-corrected chi connectivity index (χ4v) is 7.67. The van der Waals surface area contributed by atoms with Gasteiger partial charge in [-0.1, -0.05) is 30.3 Å². The molecule has 4 unspecified atom stereocenters. The Balaban J connectivity index is 1.61. The van der Waals surface area contributed by atoms with Gasteiger partial charge in [0.1, 0.15) is 18.1 Å². The lowest BCUT2D eigenvalue weighted by Gasteiger charge is -2.56. The zero-order valence-corrected chi connectivity index (χ0v) is 24.9. The molecule has 0 saturated heterocycles. The number of hydrogen-bond acceptors (Lipinski definition) is 6. The molecule has 7 rings (SSSR count). The molecule has 0 radical (unpaired) electrons. The minimum atomic E-state index is -0.572. The maximum Gasteiger partial charge on any atom is 0.161 e. The summed E-state index contributed by atoms with van der Waals surface area (Å²) in [7, 11) is 6.73. The summed E-state index contributed by atoms with van der Waals surface area (Å²) in [5.41, 5.74) is 7.66. The van der Waals surface area contributed by atoms with Gasteiger partial charge in [-0.05, 0) is 89.2 Å². The van der Waals surface area contributed by atoms with Gasteiger partial charge in [-0.15, -0.1) is 0 Å².